The van der Waals surface area contributed by atoms with Crippen LogP contribution in [0.2, 0.25) is 0 Å². The number of rotatable bonds is 6. The molecule has 1 heterocycles. The molecule has 9 heteroatoms. The van der Waals surface area contributed by atoms with Gasteiger partial charge >= 0.3 is 11.9 Å². The SMILES string of the molecule is COC(=O)CNc1ccc2c(c1)S(=O)(=O)c1cc(NCC(=O)OC)ccc1C2. The van der Waals surface area contributed by atoms with Crippen molar-refractivity contribution in [3.05, 3.63) is 47.5 Å². The fraction of sp³-hybridized carbons (Fsp3) is 0.263. The Morgan fingerprint density at radius 2 is 1.29 bits per heavy atom. The number of methoxy groups -OCH3 is 2. The molecule has 0 amide bonds. The number of esters is 2. The van der Waals surface area contributed by atoms with Gasteiger partial charge in [0.15, 0.2) is 0 Å². The number of carbonyl (C=O) groups excluding carboxylic acids is 2. The molecule has 0 unspecified atom stereocenters. The van der Waals surface area contributed by atoms with Gasteiger partial charge in [0.25, 0.3) is 0 Å². The second kappa shape index (κ2) is 7.89. The van der Waals surface area contributed by atoms with Gasteiger partial charge in [0.05, 0.1) is 24.0 Å². The van der Waals surface area contributed by atoms with Crippen LogP contribution in [0.5, 0.6) is 0 Å². The van der Waals surface area contributed by atoms with Crippen LogP contribution in [0.1, 0.15) is 11.1 Å². The first-order chi connectivity index (χ1) is 13.3. The van der Waals surface area contributed by atoms with Crippen molar-refractivity contribution in [3.63, 3.8) is 0 Å². The van der Waals surface area contributed by atoms with Crippen molar-refractivity contribution >= 4 is 33.2 Å². The van der Waals surface area contributed by atoms with Crippen LogP contribution in [-0.2, 0) is 35.3 Å². The minimum Gasteiger partial charge on any atom is -0.468 e. The van der Waals surface area contributed by atoms with Crippen molar-refractivity contribution < 1.29 is 27.5 Å². The number of nitrogens with one attached hydrogen (secondary N) is 2. The third kappa shape index (κ3) is 3.94. The molecule has 148 valence electrons. The molecular formula is C19H20N2O6S. The average Bonchev–Trinajstić information content (AvgIpc) is 2.70. The average molecular weight is 404 g/mol. The highest BCUT2D eigenvalue weighted by Crippen LogP contribution is 2.37. The zero-order chi connectivity index (χ0) is 20.3. The smallest absolute Gasteiger partial charge is 0.325 e. The standard InChI is InChI=1S/C19H20N2O6S/c1-26-18(22)10-20-14-5-3-12-7-13-4-6-15(21-11-19(23)27-2)9-17(13)28(24,25)16(12)8-14/h3-6,8-9,20-21H,7,10-11H2,1-2H3. The molecule has 0 atom stereocenters. The molecule has 8 nitrogen and oxygen atoms in total. The summed E-state index contributed by atoms with van der Waals surface area (Å²) in [5.74, 6) is -0.903. The van der Waals surface area contributed by atoms with Crippen molar-refractivity contribution in [2.45, 2.75) is 16.2 Å². The number of ether oxygens (including phenoxy) is 2. The number of benzene rings is 2. The molecule has 0 aromatic heterocycles. The van der Waals surface area contributed by atoms with E-state index in [-0.39, 0.29) is 22.9 Å². The second-order valence-corrected chi connectivity index (χ2v) is 8.07. The van der Waals surface area contributed by atoms with E-state index >= 15 is 0 Å². The molecule has 2 N–H and O–H groups in total. The summed E-state index contributed by atoms with van der Waals surface area (Å²) in [7, 11) is -1.18. The number of anilines is 2. The predicted molar refractivity (Wildman–Crippen MR) is 102 cm³/mol. The normalized spacial score (nSPS) is 13.6. The van der Waals surface area contributed by atoms with Crippen LogP contribution in [0.25, 0.3) is 0 Å². The van der Waals surface area contributed by atoms with Gasteiger partial charge in [0, 0.05) is 17.8 Å². The number of carbonyl (C=O) groups is 2. The predicted octanol–water partition coefficient (Wildman–Crippen LogP) is 1.59. The zero-order valence-corrected chi connectivity index (χ0v) is 16.3. The van der Waals surface area contributed by atoms with Crippen LogP contribution in [0.4, 0.5) is 11.4 Å². The van der Waals surface area contributed by atoms with Gasteiger partial charge in [-0.15, -0.1) is 0 Å². The lowest BCUT2D eigenvalue weighted by molar-refractivity contribution is -0.139. The first-order valence-electron chi connectivity index (χ1n) is 8.47. The molecule has 0 spiro atoms. The highest BCUT2D eigenvalue weighted by molar-refractivity contribution is 7.91. The minimum atomic E-state index is -3.75. The number of sulfone groups is 1. The van der Waals surface area contributed by atoms with Gasteiger partial charge in [0.1, 0.15) is 13.1 Å². The summed E-state index contributed by atoms with van der Waals surface area (Å²) in [4.78, 5) is 23.0. The van der Waals surface area contributed by atoms with Crippen LogP contribution in [0.3, 0.4) is 0 Å². The van der Waals surface area contributed by atoms with Gasteiger partial charge in [0.2, 0.25) is 9.84 Å². The first-order valence-corrected chi connectivity index (χ1v) is 9.96. The Morgan fingerprint density at radius 1 is 0.857 bits per heavy atom. The third-order valence-corrected chi connectivity index (χ3v) is 6.34. The summed E-state index contributed by atoms with van der Waals surface area (Å²) in [5, 5.41) is 5.71. The molecular weight excluding hydrogens is 384 g/mol. The number of hydrogen-bond donors (Lipinski definition) is 2. The van der Waals surface area contributed by atoms with E-state index in [2.05, 4.69) is 20.1 Å². The lowest BCUT2D eigenvalue weighted by Crippen LogP contribution is -2.18. The molecule has 0 radical (unpaired) electrons. The summed E-state index contributed by atoms with van der Waals surface area (Å²) in [6, 6.07) is 9.97. The van der Waals surface area contributed by atoms with Crippen molar-refractivity contribution in [2.24, 2.45) is 0 Å². The van der Waals surface area contributed by atoms with Crippen molar-refractivity contribution in [1.82, 2.24) is 0 Å². The Labute approximate surface area is 162 Å². The molecule has 0 bridgehead atoms. The Kier molecular flexibility index (Phi) is 5.55. The van der Waals surface area contributed by atoms with E-state index in [1.165, 1.54) is 26.4 Å². The number of fused-ring (bicyclic) bond motifs is 2. The van der Waals surface area contributed by atoms with Gasteiger partial charge in [-0.2, -0.15) is 0 Å². The fourth-order valence-electron chi connectivity index (χ4n) is 2.94. The topological polar surface area (TPSA) is 111 Å². The van der Waals surface area contributed by atoms with Gasteiger partial charge in [-0.25, -0.2) is 8.42 Å². The molecule has 2 aromatic carbocycles. The van der Waals surface area contributed by atoms with E-state index in [1.807, 2.05) is 0 Å². The molecule has 0 saturated heterocycles. The second-order valence-electron chi connectivity index (χ2n) is 6.18. The summed E-state index contributed by atoms with van der Waals surface area (Å²) < 4.78 is 35.4. The Hall–Kier alpha value is -3.07. The van der Waals surface area contributed by atoms with E-state index in [0.717, 1.165) is 0 Å². The molecule has 2 aromatic rings. The summed E-state index contributed by atoms with van der Waals surface area (Å²) in [6.07, 6.45) is 0.471. The molecule has 28 heavy (non-hydrogen) atoms. The molecule has 3 rings (SSSR count). The third-order valence-electron chi connectivity index (χ3n) is 4.42. The van der Waals surface area contributed by atoms with Gasteiger partial charge < -0.3 is 20.1 Å². The Bertz CT molecular complexity index is 957. The first kappa shape index (κ1) is 19.7. The largest absolute Gasteiger partial charge is 0.468 e. The maximum atomic E-state index is 13.1. The Balaban J connectivity index is 1.90. The number of hydrogen-bond acceptors (Lipinski definition) is 8. The maximum Gasteiger partial charge on any atom is 0.325 e. The fourth-order valence-corrected chi connectivity index (χ4v) is 4.71. The molecule has 1 aliphatic heterocycles. The van der Waals surface area contributed by atoms with Crippen molar-refractivity contribution in [3.8, 4) is 0 Å². The van der Waals surface area contributed by atoms with Crippen LogP contribution < -0.4 is 10.6 Å². The van der Waals surface area contributed by atoms with Gasteiger partial charge in [-0.1, -0.05) is 12.1 Å². The molecule has 0 fully saturated rings. The molecule has 0 aliphatic carbocycles. The maximum absolute atomic E-state index is 13.1. The van der Waals surface area contributed by atoms with Crippen LogP contribution >= 0.6 is 0 Å². The van der Waals surface area contributed by atoms with E-state index < -0.39 is 21.8 Å². The summed E-state index contributed by atoms with van der Waals surface area (Å²) >= 11 is 0. The lowest BCUT2D eigenvalue weighted by atomic mass is 10.0. The quantitative estimate of drug-likeness (QED) is 0.596. The van der Waals surface area contributed by atoms with Gasteiger partial charge in [-0.05, 0) is 35.4 Å². The monoisotopic (exact) mass is 404 g/mol. The summed E-state index contributed by atoms with van der Waals surface area (Å²) in [5.41, 5.74) is 2.39. The van der Waals surface area contributed by atoms with E-state index in [4.69, 9.17) is 0 Å². The van der Waals surface area contributed by atoms with Crippen LogP contribution in [-0.4, -0.2) is 47.7 Å². The van der Waals surface area contributed by atoms with Crippen molar-refractivity contribution in [2.75, 3.05) is 37.9 Å². The van der Waals surface area contributed by atoms with Crippen LogP contribution in [0, 0.1) is 0 Å². The highest BCUT2D eigenvalue weighted by Gasteiger charge is 2.30. The zero-order valence-electron chi connectivity index (χ0n) is 15.4. The van der Waals surface area contributed by atoms with Crippen molar-refractivity contribution in [1.29, 1.82) is 0 Å². The Morgan fingerprint density at radius 3 is 1.68 bits per heavy atom. The highest BCUT2D eigenvalue weighted by atomic mass is 32.2. The molecule has 0 saturated carbocycles. The minimum absolute atomic E-state index is 0.0620. The summed E-state index contributed by atoms with van der Waals surface area (Å²) in [6.45, 7) is -0.124. The van der Waals surface area contributed by atoms with E-state index in [0.29, 0.717) is 28.9 Å². The molecule has 1 aliphatic rings. The lowest BCUT2D eigenvalue weighted by Gasteiger charge is -2.21. The van der Waals surface area contributed by atoms with E-state index in [9.17, 15) is 18.0 Å². The van der Waals surface area contributed by atoms with Gasteiger partial charge in [-0.3, -0.25) is 9.59 Å². The van der Waals surface area contributed by atoms with Crippen LogP contribution in [0.15, 0.2) is 46.2 Å². The van der Waals surface area contributed by atoms with E-state index in [1.54, 1.807) is 24.3 Å².